The quantitative estimate of drug-likeness (QED) is 0.549. The summed E-state index contributed by atoms with van der Waals surface area (Å²) in [4.78, 5) is 22.5. The molecule has 0 atom stereocenters. The van der Waals surface area contributed by atoms with Crippen LogP contribution in [0.1, 0.15) is 26.3 Å². The number of benzene rings is 1. The highest BCUT2D eigenvalue weighted by molar-refractivity contribution is 6.32. The predicted molar refractivity (Wildman–Crippen MR) is 90.0 cm³/mol. The molecule has 0 spiro atoms. The molecule has 0 saturated heterocycles. The van der Waals surface area contributed by atoms with Crippen LogP contribution in [0.2, 0.25) is 5.02 Å². The summed E-state index contributed by atoms with van der Waals surface area (Å²) in [5, 5.41) is 22.4. The van der Waals surface area contributed by atoms with E-state index in [9.17, 15) is 20.0 Å². The zero-order valence-corrected chi connectivity index (χ0v) is 14.8. The van der Waals surface area contributed by atoms with Crippen LogP contribution in [0, 0.1) is 11.3 Å². The molecule has 0 aliphatic rings. The largest absolute Gasteiger partial charge is 0.546 e. The molecule has 0 aromatic heterocycles. The van der Waals surface area contributed by atoms with Gasteiger partial charge in [0.2, 0.25) is 0 Å². The third-order valence-corrected chi connectivity index (χ3v) is 3.04. The number of carboxylic acids is 1. The van der Waals surface area contributed by atoms with Gasteiger partial charge in [-0.05, 0) is 44.5 Å². The number of carbonyl (C=O) groups is 2. The van der Waals surface area contributed by atoms with Gasteiger partial charge < -0.3 is 24.7 Å². The molecule has 0 unspecified atom stereocenters. The number of carbonyl (C=O) groups excluding carboxylic acids is 2. The lowest BCUT2D eigenvalue weighted by Gasteiger charge is -2.15. The van der Waals surface area contributed by atoms with Crippen LogP contribution in [-0.4, -0.2) is 31.1 Å². The van der Waals surface area contributed by atoms with Crippen molar-refractivity contribution >= 4 is 29.6 Å². The number of aliphatic carboxylic acids is 1. The Labute approximate surface area is 150 Å². The Hall–Kier alpha value is -2.72. The molecular formula is C17H18ClN2O5-. The Morgan fingerprint density at radius 2 is 2.08 bits per heavy atom. The highest BCUT2D eigenvalue weighted by atomic mass is 35.5. The normalized spacial score (nSPS) is 11.0. The minimum absolute atomic E-state index is 0.0509. The van der Waals surface area contributed by atoms with E-state index in [1.165, 1.54) is 18.2 Å². The van der Waals surface area contributed by atoms with Gasteiger partial charge in [-0.15, -0.1) is 0 Å². The highest BCUT2D eigenvalue weighted by Gasteiger charge is 2.15. The maximum atomic E-state index is 12.0. The summed E-state index contributed by atoms with van der Waals surface area (Å²) in [6.07, 6.45) is 1.36. The van der Waals surface area contributed by atoms with Crippen molar-refractivity contribution in [3.8, 4) is 17.6 Å². The molecule has 0 heterocycles. The number of hydrogen-bond donors (Lipinski definition) is 1. The summed E-state index contributed by atoms with van der Waals surface area (Å²) in [5.74, 6) is -1.66. The SMILES string of the molecule is CCOc1cc(/C=C(/C#N)C(=O)NC(C)C)cc(Cl)c1OCC(=O)[O-]. The molecule has 0 saturated carbocycles. The fourth-order valence-corrected chi connectivity index (χ4v) is 2.13. The zero-order valence-electron chi connectivity index (χ0n) is 14.1. The van der Waals surface area contributed by atoms with Crippen molar-refractivity contribution < 1.29 is 24.2 Å². The molecule has 0 radical (unpaired) electrons. The van der Waals surface area contributed by atoms with Gasteiger partial charge >= 0.3 is 0 Å². The number of amides is 1. The number of nitrogens with zero attached hydrogens (tertiary/aromatic N) is 1. The third-order valence-electron chi connectivity index (χ3n) is 2.76. The van der Waals surface area contributed by atoms with Crippen molar-refractivity contribution in [2.75, 3.05) is 13.2 Å². The molecule has 1 N–H and O–H groups in total. The van der Waals surface area contributed by atoms with Crippen LogP contribution >= 0.6 is 11.6 Å². The fraction of sp³-hybridized carbons (Fsp3) is 0.353. The van der Waals surface area contributed by atoms with E-state index >= 15 is 0 Å². The number of nitriles is 1. The van der Waals surface area contributed by atoms with Crippen LogP contribution in [0.25, 0.3) is 6.08 Å². The molecule has 7 nitrogen and oxygen atoms in total. The van der Waals surface area contributed by atoms with E-state index in [0.717, 1.165) is 0 Å². The Morgan fingerprint density at radius 1 is 1.40 bits per heavy atom. The number of halogens is 1. The molecule has 0 bridgehead atoms. The molecule has 0 fully saturated rings. The predicted octanol–water partition coefficient (Wildman–Crippen LogP) is 1.30. The Bertz CT molecular complexity index is 722. The third kappa shape index (κ3) is 6.36. The first-order chi connectivity index (χ1) is 11.8. The van der Waals surface area contributed by atoms with Crippen molar-refractivity contribution in [2.24, 2.45) is 0 Å². The van der Waals surface area contributed by atoms with Crippen LogP contribution in [-0.2, 0) is 9.59 Å². The fourth-order valence-electron chi connectivity index (χ4n) is 1.86. The van der Waals surface area contributed by atoms with E-state index in [-0.39, 0.29) is 34.7 Å². The lowest BCUT2D eigenvalue weighted by Crippen LogP contribution is -2.30. The van der Waals surface area contributed by atoms with Crippen molar-refractivity contribution in [1.29, 1.82) is 5.26 Å². The van der Waals surface area contributed by atoms with Crippen molar-refractivity contribution in [2.45, 2.75) is 26.8 Å². The molecular weight excluding hydrogens is 348 g/mol. The topological polar surface area (TPSA) is 111 Å². The number of ether oxygens (including phenoxy) is 2. The second kappa shape index (κ2) is 9.55. The van der Waals surface area contributed by atoms with Gasteiger partial charge in [-0.3, -0.25) is 4.79 Å². The highest BCUT2D eigenvalue weighted by Crippen LogP contribution is 2.37. The summed E-state index contributed by atoms with van der Waals surface area (Å²) < 4.78 is 10.5. The van der Waals surface area contributed by atoms with E-state index < -0.39 is 18.5 Å². The van der Waals surface area contributed by atoms with Gasteiger partial charge in [-0.2, -0.15) is 5.26 Å². The molecule has 25 heavy (non-hydrogen) atoms. The molecule has 8 heteroatoms. The van der Waals surface area contributed by atoms with Gasteiger partial charge in [-0.25, -0.2) is 0 Å². The van der Waals surface area contributed by atoms with E-state index in [1.807, 2.05) is 6.07 Å². The van der Waals surface area contributed by atoms with Crippen LogP contribution in [0.5, 0.6) is 11.5 Å². The molecule has 134 valence electrons. The first kappa shape index (κ1) is 20.3. The van der Waals surface area contributed by atoms with E-state index in [1.54, 1.807) is 20.8 Å². The lowest BCUT2D eigenvalue weighted by molar-refractivity contribution is -0.307. The molecule has 1 aromatic rings. The first-order valence-electron chi connectivity index (χ1n) is 7.50. The van der Waals surface area contributed by atoms with Gasteiger partial charge in [0.25, 0.3) is 5.91 Å². The van der Waals surface area contributed by atoms with Crippen LogP contribution in [0.15, 0.2) is 17.7 Å². The second-order valence-electron chi connectivity index (χ2n) is 5.22. The van der Waals surface area contributed by atoms with Crippen LogP contribution in [0.3, 0.4) is 0 Å². The number of carboxylic acid groups (broad SMARTS) is 1. The standard InChI is InChI=1S/C17H19ClN2O5/c1-4-24-14-7-11(5-12(8-19)17(23)20-10(2)3)6-13(18)16(14)25-9-15(21)22/h5-7,10H,4,9H2,1-3H3,(H,20,23)(H,21,22)/p-1/b12-5-. The maximum absolute atomic E-state index is 12.0. The summed E-state index contributed by atoms with van der Waals surface area (Å²) >= 11 is 6.11. The van der Waals surface area contributed by atoms with Crippen molar-refractivity contribution in [3.63, 3.8) is 0 Å². The summed E-state index contributed by atoms with van der Waals surface area (Å²) in [7, 11) is 0. The number of hydrogen-bond acceptors (Lipinski definition) is 6. The maximum Gasteiger partial charge on any atom is 0.262 e. The molecule has 1 amide bonds. The first-order valence-corrected chi connectivity index (χ1v) is 7.87. The number of rotatable bonds is 8. The molecule has 1 aromatic carbocycles. The van der Waals surface area contributed by atoms with E-state index in [2.05, 4.69) is 5.32 Å². The van der Waals surface area contributed by atoms with Crippen molar-refractivity contribution in [1.82, 2.24) is 5.32 Å². The summed E-state index contributed by atoms with van der Waals surface area (Å²) in [6, 6.07) is 4.65. The van der Waals surface area contributed by atoms with Gasteiger partial charge in [0.15, 0.2) is 11.5 Å². The minimum atomic E-state index is -1.40. The summed E-state index contributed by atoms with van der Waals surface area (Å²) in [6.45, 7) is 4.88. The van der Waals surface area contributed by atoms with Gasteiger partial charge in [0, 0.05) is 6.04 Å². The smallest absolute Gasteiger partial charge is 0.262 e. The van der Waals surface area contributed by atoms with Crippen LogP contribution in [0.4, 0.5) is 0 Å². The van der Waals surface area contributed by atoms with Crippen molar-refractivity contribution in [3.05, 3.63) is 28.3 Å². The summed E-state index contributed by atoms with van der Waals surface area (Å²) in [5.41, 5.74) is 0.334. The van der Waals surface area contributed by atoms with Gasteiger partial charge in [0.1, 0.15) is 18.2 Å². The monoisotopic (exact) mass is 365 g/mol. The molecule has 0 aliphatic carbocycles. The van der Waals surface area contributed by atoms with Crippen LogP contribution < -0.4 is 19.9 Å². The Balaban J connectivity index is 3.24. The number of nitrogens with one attached hydrogen (secondary N) is 1. The zero-order chi connectivity index (χ0) is 19.0. The Kier molecular flexibility index (Phi) is 7.76. The Morgan fingerprint density at radius 3 is 2.60 bits per heavy atom. The lowest BCUT2D eigenvalue weighted by atomic mass is 10.1. The second-order valence-corrected chi connectivity index (χ2v) is 5.63. The average Bonchev–Trinajstić information content (AvgIpc) is 2.51. The molecule has 1 rings (SSSR count). The van der Waals surface area contributed by atoms with Gasteiger partial charge in [-0.1, -0.05) is 11.6 Å². The molecule has 0 aliphatic heterocycles. The van der Waals surface area contributed by atoms with E-state index in [4.69, 9.17) is 21.1 Å². The van der Waals surface area contributed by atoms with E-state index in [0.29, 0.717) is 5.56 Å². The average molecular weight is 366 g/mol. The van der Waals surface area contributed by atoms with Gasteiger partial charge in [0.05, 0.1) is 17.6 Å². The minimum Gasteiger partial charge on any atom is -0.546 e.